The second-order valence-electron chi connectivity index (χ2n) is 3.59. The Kier molecular flexibility index (Phi) is 2.49. The first kappa shape index (κ1) is 9.21. The Morgan fingerprint density at radius 3 is 3.21 bits per heavy atom. The summed E-state index contributed by atoms with van der Waals surface area (Å²) in [4.78, 5) is 6.55. The van der Waals surface area contributed by atoms with E-state index >= 15 is 0 Å². The summed E-state index contributed by atoms with van der Waals surface area (Å²) >= 11 is 0. The van der Waals surface area contributed by atoms with Gasteiger partial charge in [0.1, 0.15) is 5.82 Å². The van der Waals surface area contributed by atoms with Gasteiger partial charge < -0.3 is 10.3 Å². The van der Waals surface area contributed by atoms with Gasteiger partial charge in [-0.25, -0.2) is 4.98 Å². The first-order valence-corrected chi connectivity index (χ1v) is 4.81. The molecule has 0 atom stereocenters. The van der Waals surface area contributed by atoms with E-state index in [2.05, 4.69) is 14.5 Å². The lowest BCUT2D eigenvalue weighted by Crippen LogP contribution is -2.35. The van der Waals surface area contributed by atoms with Gasteiger partial charge in [0.25, 0.3) is 0 Å². The predicted octanol–water partition coefficient (Wildman–Crippen LogP) is 0.0248. The van der Waals surface area contributed by atoms with Crippen molar-refractivity contribution in [2.75, 3.05) is 13.1 Å². The highest BCUT2D eigenvalue weighted by Gasteiger charge is 2.15. The largest absolute Gasteiger partial charge is 0.388 e. The smallest absolute Gasteiger partial charge is 0.122 e. The predicted molar refractivity (Wildman–Crippen MR) is 54.0 cm³/mol. The number of amidine groups is 1. The number of nitrogens with zero attached hydrogens (tertiary/aromatic N) is 3. The van der Waals surface area contributed by atoms with Gasteiger partial charge in [-0.15, -0.1) is 0 Å². The molecule has 0 radical (unpaired) electrons. The Labute approximate surface area is 83.0 Å². The molecule has 0 aromatic carbocycles. The molecule has 0 saturated heterocycles. The van der Waals surface area contributed by atoms with Crippen LogP contribution in [-0.2, 0) is 13.1 Å². The Hall–Kier alpha value is -1.36. The van der Waals surface area contributed by atoms with Crippen LogP contribution >= 0.6 is 0 Å². The van der Waals surface area contributed by atoms with E-state index in [0.717, 1.165) is 32.0 Å². The molecule has 76 valence electrons. The molecule has 1 aromatic heterocycles. The van der Waals surface area contributed by atoms with E-state index in [4.69, 9.17) is 11.1 Å². The minimum Gasteiger partial charge on any atom is -0.388 e. The van der Waals surface area contributed by atoms with Gasteiger partial charge in [-0.1, -0.05) is 0 Å². The van der Waals surface area contributed by atoms with E-state index in [0.29, 0.717) is 6.42 Å². The SMILES string of the molecule is N=C(N)CCN1CCn2ccnc2C1. The molecule has 14 heavy (non-hydrogen) atoms. The Morgan fingerprint density at radius 1 is 1.57 bits per heavy atom. The van der Waals surface area contributed by atoms with Crippen molar-refractivity contribution in [1.82, 2.24) is 14.5 Å². The summed E-state index contributed by atoms with van der Waals surface area (Å²) in [5, 5.41) is 7.16. The number of nitrogens with one attached hydrogen (secondary N) is 1. The standard InChI is InChI=1S/C9H15N5/c10-8(11)1-3-13-5-6-14-4-2-12-9(14)7-13/h2,4H,1,3,5-7H2,(H3,10,11). The van der Waals surface area contributed by atoms with Crippen LogP contribution in [-0.4, -0.2) is 33.4 Å². The highest BCUT2D eigenvalue weighted by molar-refractivity contribution is 5.76. The molecule has 5 nitrogen and oxygen atoms in total. The van der Waals surface area contributed by atoms with E-state index in [-0.39, 0.29) is 5.84 Å². The van der Waals surface area contributed by atoms with E-state index in [1.54, 1.807) is 0 Å². The zero-order valence-electron chi connectivity index (χ0n) is 8.11. The molecule has 0 fully saturated rings. The van der Waals surface area contributed by atoms with E-state index in [1.807, 2.05) is 12.4 Å². The summed E-state index contributed by atoms with van der Waals surface area (Å²) in [6.07, 6.45) is 4.50. The molecule has 3 N–H and O–H groups in total. The van der Waals surface area contributed by atoms with E-state index in [1.165, 1.54) is 0 Å². The van der Waals surface area contributed by atoms with Crippen LogP contribution in [0.1, 0.15) is 12.2 Å². The normalized spacial score (nSPS) is 16.6. The van der Waals surface area contributed by atoms with Gasteiger partial charge in [-0.2, -0.15) is 0 Å². The highest BCUT2D eigenvalue weighted by Crippen LogP contribution is 2.09. The third kappa shape index (κ3) is 1.93. The summed E-state index contributed by atoms with van der Waals surface area (Å²) in [6, 6.07) is 0. The zero-order valence-corrected chi connectivity index (χ0v) is 8.11. The number of aromatic nitrogens is 2. The van der Waals surface area contributed by atoms with Gasteiger partial charge in [0.05, 0.1) is 12.4 Å². The van der Waals surface area contributed by atoms with Gasteiger partial charge in [0, 0.05) is 38.4 Å². The van der Waals surface area contributed by atoms with Gasteiger partial charge in [0.15, 0.2) is 0 Å². The van der Waals surface area contributed by atoms with Crippen LogP contribution in [0.15, 0.2) is 12.4 Å². The lowest BCUT2D eigenvalue weighted by molar-refractivity contribution is 0.222. The summed E-state index contributed by atoms with van der Waals surface area (Å²) in [5.41, 5.74) is 5.32. The number of fused-ring (bicyclic) bond motifs is 1. The van der Waals surface area contributed by atoms with Crippen molar-refractivity contribution >= 4 is 5.84 Å². The molecule has 0 aliphatic carbocycles. The Balaban J connectivity index is 1.91. The molecule has 2 rings (SSSR count). The zero-order chi connectivity index (χ0) is 9.97. The minimum atomic E-state index is 0.263. The lowest BCUT2D eigenvalue weighted by Gasteiger charge is -2.27. The average molecular weight is 193 g/mol. The topological polar surface area (TPSA) is 70.9 Å². The van der Waals surface area contributed by atoms with E-state index < -0.39 is 0 Å². The van der Waals surface area contributed by atoms with Crippen molar-refractivity contribution in [3.8, 4) is 0 Å². The lowest BCUT2D eigenvalue weighted by atomic mass is 10.3. The molecule has 5 heteroatoms. The maximum Gasteiger partial charge on any atom is 0.122 e. The Morgan fingerprint density at radius 2 is 2.43 bits per heavy atom. The monoisotopic (exact) mass is 193 g/mol. The Bertz CT molecular complexity index is 330. The fourth-order valence-electron chi connectivity index (χ4n) is 1.69. The quantitative estimate of drug-likeness (QED) is 0.525. The molecule has 0 bridgehead atoms. The van der Waals surface area contributed by atoms with Crippen LogP contribution in [0.2, 0.25) is 0 Å². The molecule has 0 amide bonds. The molecular formula is C9H15N5. The molecular weight excluding hydrogens is 178 g/mol. The van der Waals surface area contributed by atoms with Crippen molar-refractivity contribution in [3.05, 3.63) is 18.2 Å². The maximum absolute atomic E-state index is 7.16. The van der Waals surface area contributed by atoms with Crippen molar-refractivity contribution in [2.45, 2.75) is 19.5 Å². The number of rotatable bonds is 3. The fraction of sp³-hybridized carbons (Fsp3) is 0.556. The summed E-state index contributed by atoms with van der Waals surface area (Å²) in [6.45, 7) is 3.76. The van der Waals surface area contributed by atoms with Gasteiger partial charge >= 0.3 is 0 Å². The second-order valence-corrected chi connectivity index (χ2v) is 3.59. The van der Waals surface area contributed by atoms with Crippen LogP contribution in [0.25, 0.3) is 0 Å². The number of hydrogen-bond acceptors (Lipinski definition) is 3. The van der Waals surface area contributed by atoms with Crippen molar-refractivity contribution in [2.24, 2.45) is 5.73 Å². The summed E-state index contributed by atoms with van der Waals surface area (Å²) < 4.78 is 2.17. The van der Waals surface area contributed by atoms with E-state index in [9.17, 15) is 0 Å². The number of nitrogens with two attached hydrogens (primary N) is 1. The molecule has 2 heterocycles. The molecule has 1 aliphatic rings. The van der Waals surface area contributed by atoms with Crippen molar-refractivity contribution in [3.63, 3.8) is 0 Å². The minimum absolute atomic E-state index is 0.263. The third-order valence-electron chi connectivity index (χ3n) is 2.52. The van der Waals surface area contributed by atoms with Crippen LogP contribution in [0.3, 0.4) is 0 Å². The number of imidazole rings is 1. The van der Waals surface area contributed by atoms with Crippen LogP contribution in [0, 0.1) is 5.41 Å². The summed E-state index contributed by atoms with van der Waals surface area (Å²) in [7, 11) is 0. The molecule has 1 aliphatic heterocycles. The average Bonchev–Trinajstić information content (AvgIpc) is 2.61. The van der Waals surface area contributed by atoms with Crippen molar-refractivity contribution < 1.29 is 0 Å². The fourth-order valence-corrected chi connectivity index (χ4v) is 1.69. The first-order valence-electron chi connectivity index (χ1n) is 4.81. The highest BCUT2D eigenvalue weighted by atomic mass is 15.2. The number of hydrogen-bond donors (Lipinski definition) is 2. The first-order chi connectivity index (χ1) is 6.75. The van der Waals surface area contributed by atoms with Crippen LogP contribution in [0.4, 0.5) is 0 Å². The molecule has 0 spiro atoms. The van der Waals surface area contributed by atoms with Crippen LogP contribution in [0.5, 0.6) is 0 Å². The molecule has 0 unspecified atom stereocenters. The maximum atomic E-state index is 7.16. The van der Waals surface area contributed by atoms with Gasteiger partial charge in [0.2, 0.25) is 0 Å². The van der Waals surface area contributed by atoms with Crippen molar-refractivity contribution in [1.29, 1.82) is 5.41 Å². The molecule has 0 saturated carbocycles. The second kappa shape index (κ2) is 3.79. The van der Waals surface area contributed by atoms with Crippen LogP contribution < -0.4 is 5.73 Å². The van der Waals surface area contributed by atoms with Gasteiger partial charge in [-0.3, -0.25) is 10.3 Å². The third-order valence-corrected chi connectivity index (χ3v) is 2.52. The summed E-state index contributed by atoms with van der Waals surface area (Å²) in [5.74, 6) is 1.37. The van der Waals surface area contributed by atoms with Gasteiger partial charge in [-0.05, 0) is 0 Å². The molecule has 1 aromatic rings.